The maximum Gasteiger partial charge on any atom is 0.0161 e. The predicted molar refractivity (Wildman–Crippen MR) is 57.9 cm³/mol. The predicted octanol–water partition coefficient (Wildman–Crippen LogP) is 3.42. The van der Waals surface area contributed by atoms with Gasteiger partial charge in [-0.15, -0.1) is 0 Å². The number of rotatable bonds is 6. The highest BCUT2D eigenvalue weighted by molar-refractivity contribution is 8.76. The second-order valence-electron chi connectivity index (χ2n) is 2.80. The van der Waals surface area contributed by atoms with Gasteiger partial charge in [-0.3, -0.25) is 0 Å². The molecule has 0 heterocycles. The quantitative estimate of drug-likeness (QED) is 0.470. The van der Waals surface area contributed by atoms with Crippen molar-refractivity contribution in [3.05, 3.63) is 0 Å². The van der Waals surface area contributed by atoms with E-state index in [9.17, 15) is 0 Å². The zero-order chi connectivity index (χ0) is 8.69. The third-order valence-electron chi connectivity index (χ3n) is 1.39. The van der Waals surface area contributed by atoms with Gasteiger partial charge in [0.25, 0.3) is 0 Å². The molecule has 3 heteroatoms. The van der Waals surface area contributed by atoms with E-state index >= 15 is 0 Å². The van der Waals surface area contributed by atoms with Crippen LogP contribution in [-0.4, -0.2) is 23.7 Å². The highest BCUT2D eigenvalue weighted by atomic mass is 33.1. The molecular weight excluding hydrogens is 174 g/mol. The number of hydrogen-bond acceptors (Lipinski definition) is 3. The van der Waals surface area contributed by atoms with Crippen LogP contribution in [0.4, 0.5) is 0 Å². The Balaban J connectivity index is 3.35. The molecule has 0 N–H and O–H groups in total. The summed E-state index contributed by atoms with van der Waals surface area (Å²) in [5, 5.41) is 0.840. The average molecular weight is 193 g/mol. The molecule has 0 aromatic heterocycles. The summed E-state index contributed by atoms with van der Waals surface area (Å²) in [6.45, 7) is 4.52. The van der Waals surface area contributed by atoms with Crippen molar-refractivity contribution in [3.8, 4) is 0 Å². The summed E-state index contributed by atoms with van der Waals surface area (Å²) in [6.07, 6.45) is 3.95. The molecule has 0 aromatic carbocycles. The average Bonchev–Trinajstić information content (AvgIpc) is 1.97. The van der Waals surface area contributed by atoms with Gasteiger partial charge in [0.15, 0.2) is 0 Å². The molecule has 0 amide bonds. The summed E-state index contributed by atoms with van der Waals surface area (Å²) in [7, 11) is 8.04. The van der Waals surface area contributed by atoms with Gasteiger partial charge < -0.3 is 0 Å². The molecule has 0 aliphatic heterocycles. The summed E-state index contributed by atoms with van der Waals surface area (Å²) in [4.78, 5) is 0. The van der Waals surface area contributed by atoms with Crippen LogP contribution in [0, 0.1) is 0 Å². The van der Waals surface area contributed by atoms with Crippen LogP contribution in [0.25, 0.3) is 0 Å². The lowest BCUT2D eigenvalue weighted by atomic mass is 10.2. The third-order valence-corrected chi connectivity index (χ3v) is 4.59. The molecule has 0 rings (SSSR count). The fraction of sp³-hybridized carbons (Fsp3) is 1.00. The van der Waals surface area contributed by atoms with Gasteiger partial charge in [-0.25, -0.2) is 4.31 Å². The van der Waals surface area contributed by atoms with E-state index in [0.29, 0.717) is 0 Å². The van der Waals surface area contributed by atoms with Gasteiger partial charge in [-0.1, -0.05) is 31.1 Å². The van der Waals surface area contributed by atoms with Crippen molar-refractivity contribution < 1.29 is 0 Å². The molecule has 1 atom stereocenters. The van der Waals surface area contributed by atoms with E-state index in [1.165, 1.54) is 19.3 Å². The third kappa shape index (κ3) is 7.04. The maximum atomic E-state index is 2.27. The molecule has 0 radical (unpaired) electrons. The monoisotopic (exact) mass is 193 g/mol. The highest BCUT2D eigenvalue weighted by Gasteiger charge is 2.05. The second-order valence-corrected chi connectivity index (χ2v) is 5.57. The molecule has 0 spiro atoms. The number of nitrogens with zero attached hydrogens (tertiary/aromatic N) is 1. The minimum absolute atomic E-state index is 0.840. The van der Waals surface area contributed by atoms with Crippen molar-refractivity contribution in [2.75, 3.05) is 14.1 Å². The molecule has 1 nitrogen and oxygen atoms in total. The first-order valence-corrected chi connectivity index (χ1v) is 6.38. The first kappa shape index (κ1) is 11.7. The first-order valence-electron chi connectivity index (χ1n) is 4.21. The Bertz CT molecular complexity index is 86.2. The molecule has 0 aliphatic rings. The van der Waals surface area contributed by atoms with Gasteiger partial charge in [0, 0.05) is 5.25 Å². The van der Waals surface area contributed by atoms with Crippen molar-refractivity contribution >= 4 is 21.8 Å². The number of hydrogen-bond donors (Lipinski definition) is 0. The molecule has 0 fully saturated rings. The Labute approximate surface area is 78.8 Å². The zero-order valence-electron chi connectivity index (χ0n) is 7.96. The van der Waals surface area contributed by atoms with Crippen molar-refractivity contribution in [2.24, 2.45) is 0 Å². The van der Waals surface area contributed by atoms with Crippen LogP contribution < -0.4 is 0 Å². The Morgan fingerprint density at radius 3 is 2.27 bits per heavy atom. The van der Waals surface area contributed by atoms with E-state index < -0.39 is 0 Å². The van der Waals surface area contributed by atoms with Crippen molar-refractivity contribution in [1.82, 2.24) is 4.31 Å². The SMILES string of the molecule is CCCC(CC)SSN(C)C. The van der Waals surface area contributed by atoms with E-state index in [1.807, 2.05) is 21.8 Å². The standard InChI is InChI=1S/C8H19NS2/c1-5-7-8(6-2)10-11-9(3)4/h8H,5-7H2,1-4H3. The Kier molecular flexibility index (Phi) is 7.76. The van der Waals surface area contributed by atoms with E-state index in [0.717, 1.165) is 5.25 Å². The van der Waals surface area contributed by atoms with Crippen LogP contribution in [0.1, 0.15) is 33.1 Å². The molecule has 0 aliphatic carbocycles. The lowest BCUT2D eigenvalue weighted by molar-refractivity contribution is 0.707. The smallest absolute Gasteiger partial charge is 0.0161 e. The molecule has 0 bridgehead atoms. The van der Waals surface area contributed by atoms with Crippen LogP contribution in [-0.2, 0) is 0 Å². The second kappa shape index (κ2) is 7.32. The van der Waals surface area contributed by atoms with E-state index in [-0.39, 0.29) is 0 Å². The zero-order valence-corrected chi connectivity index (χ0v) is 9.60. The molecule has 0 saturated heterocycles. The minimum Gasteiger partial charge on any atom is -0.247 e. The fourth-order valence-electron chi connectivity index (χ4n) is 0.789. The highest BCUT2D eigenvalue weighted by Crippen LogP contribution is 2.32. The molecule has 68 valence electrons. The molecule has 0 saturated carbocycles. The van der Waals surface area contributed by atoms with Gasteiger partial charge in [-0.2, -0.15) is 0 Å². The van der Waals surface area contributed by atoms with Gasteiger partial charge in [0.2, 0.25) is 0 Å². The van der Waals surface area contributed by atoms with Gasteiger partial charge in [0.05, 0.1) is 0 Å². The largest absolute Gasteiger partial charge is 0.247 e. The summed E-state index contributed by atoms with van der Waals surface area (Å²) in [5.74, 6) is 0. The Hall–Kier alpha value is 0.660. The molecule has 0 aromatic rings. The van der Waals surface area contributed by atoms with E-state index in [2.05, 4.69) is 32.2 Å². The fourth-order valence-corrected chi connectivity index (χ4v) is 3.13. The van der Waals surface area contributed by atoms with Crippen LogP contribution >= 0.6 is 21.8 Å². The van der Waals surface area contributed by atoms with Crippen molar-refractivity contribution in [1.29, 1.82) is 0 Å². The summed E-state index contributed by atoms with van der Waals surface area (Å²) >= 11 is 0. The topological polar surface area (TPSA) is 3.24 Å². The van der Waals surface area contributed by atoms with Gasteiger partial charge in [0.1, 0.15) is 0 Å². The Morgan fingerprint density at radius 1 is 1.27 bits per heavy atom. The minimum atomic E-state index is 0.840. The summed E-state index contributed by atoms with van der Waals surface area (Å²) in [6, 6.07) is 0. The van der Waals surface area contributed by atoms with E-state index in [1.54, 1.807) is 0 Å². The molecule has 11 heavy (non-hydrogen) atoms. The van der Waals surface area contributed by atoms with Crippen LogP contribution in [0.2, 0.25) is 0 Å². The first-order chi connectivity index (χ1) is 5.20. The maximum absolute atomic E-state index is 2.27. The lowest BCUT2D eigenvalue weighted by Crippen LogP contribution is -2.02. The summed E-state index contributed by atoms with van der Waals surface area (Å²) < 4.78 is 2.16. The van der Waals surface area contributed by atoms with Crippen molar-refractivity contribution in [3.63, 3.8) is 0 Å². The van der Waals surface area contributed by atoms with Gasteiger partial charge in [-0.05, 0) is 37.9 Å². The van der Waals surface area contributed by atoms with Crippen LogP contribution in [0.3, 0.4) is 0 Å². The summed E-state index contributed by atoms with van der Waals surface area (Å²) in [5.41, 5.74) is 0. The lowest BCUT2D eigenvalue weighted by Gasteiger charge is -2.14. The van der Waals surface area contributed by atoms with Gasteiger partial charge >= 0.3 is 0 Å². The van der Waals surface area contributed by atoms with E-state index in [4.69, 9.17) is 0 Å². The molecular formula is C8H19NS2. The van der Waals surface area contributed by atoms with Crippen LogP contribution in [0.15, 0.2) is 0 Å². The normalized spacial score (nSPS) is 13.9. The molecule has 1 unspecified atom stereocenters. The van der Waals surface area contributed by atoms with Crippen molar-refractivity contribution in [2.45, 2.75) is 38.4 Å². The Morgan fingerprint density at radius 2 is 1.91 bits per heavy atom. The van der Waals surface area contributed by atoms with Crippen LogP contribution in [0.5, 0.6) is 0 Å².